The predicted molar refractivity (Wildman–Crippen MR) is 88.3 cm³/mol. The van der Waals surface area contributed by atoms with Crippen LogP contribution in [0.15, 0.2) is 0 Å². The number of ether oxygens (including phenoxy) is 2. The summed E-state index contributed by atoms with van der Waals surface area (Å²) in [6.45, 7) is 12.0. The van der Waals surface area contributed by atoms with Gasteiger partial charge < -0.3 is 9.47 Å². The molecule has 0 heterocycles. The van der Waals surface area contributed by atoms with E-state index in [2.05, 4.69) is 45.7 Å². The molecule has 0 radical (unpaired) electrons. The molecule has 116 valence electrons. The average molecular weight is 297 g/mol. The maximum Gasteiger partial charge on any atom is 0.147 e. The lowest BCUT2D eigenvalue weighted by molar-refractivity contribution is -0.0332. The van der Waals surface area contributed by atoms with Crippen molar-refractivity contribution in [1.29, 1.82) is 0 Å². The molecule has 1 unspecified atom stereocenters. The molecule has 0 aromatic heterocycles. The zero-order valence-electron chi connectivity index (χ0n) is 14.2. The molecule has 1 aliphatic carbocycles. The topological polar surface area (TPSA) is 18.5 Å². The highest BCUT2D eigenvalue weighted by Gasteiger charge is 2.42. The fraction of sp³-hybridized carbons (Fsp3) is 0.882. The Bertz CT molecular complexity index is 340. The van der Waals surface area contributed by atoms with Gasteiger partial charge in [-0.05, 0) is 17.9 Å². The molecule has 1 aliphatic rings. The first kappa shape index (κ1) is 17.7. The first-order valence-electron chi connectivity index (χ1n) is 7.90. The summed E-state index contributed by atoms with van der Waals surface area (Å²) in [4.78, 5) is 0. The molecule has 0 saturated heterocycles. The minimum Gasteiger partial charge on any atom is -0.359 e. The van der Waals surface area contributed by atoms with Gasteiger partial charge in [0, 0.05) is 13.0 Å². The Kier molecular flexibility index (Phi) is 6.77. The molecule has 0 bridgehead atoms. The molecule has 0 aliphatic heterocycles. The van der Waals surface area contributed by atoms with Gasteiger partial charge in [-0.2, -0.15) is 0 Å². The van der Waals surface area contributed by atoms with Gasteiger partial charge in [0.1, 0.15) is 20.6 Å². The van der Waals surface area contributed by atoms with Gasteiger partial charge in [0.05, 0.1) is 0 Å². The molecule has 0 N–H and O–H groups in total. The van der Waals surface area contributed by atoms with E-state index in [1.165, 1.54) is 32.1 Å². The quantitative estimate of drug-likeness (QED) is 0.428. The maximum atomic E-state index is 5.94. The summed E-state index contributed by atoms with van der Waals surface area (Å²) in [5.41, 5.74) is 0.0596. The number of hydrogen-bond donors (Lipinski definition) is 0. The molecule has 1 atom stereocenters. The summed E-state index contributed by atoms with van der Waals surface area (Å²) in [7, 11) is 0.0459. The van der Waals surface area contributed by atoms with E-state index in [1.54, 1.807) is 7.11 Å². The second kappa shape index (κ2) is 7.63. The molecular weight excluding hydrogens is 264 g/mol. The summed E-state index contributed by atoms with van der Waals surface area (Å²) in [5, 5.41) is 0.270. The zero-order chi connectivity index (χ0) is 15.2. The van der Waals surface area contributed by atoms with Crippen molar-refractivity contribution in [2.75, 3.05) is 13.9 Å². The van der Waals surface area contributed by atoms with Gasteiger partial charge in [0.15, 0.2) is 0 Å². The van der Waals surface area contributed by atoms with Crippen molar-refractivity contribution in [2.24, 2.45) is 5.92 Å². The highest BCUT2D eigenvalue weighted by atomic mass is 28.3. The monoisotopic (exact) mass is 296 g/mol. The van der Waals surface area contributed by atoms with E-state index in [0.29, 0.717) is 12.7 Å². The van der Waals surface area contributed by atoms with Crippen molar-refractivity contribution in [1.82, 2.24) is 0 Å². The predicted octanol–water partition coefficient (Wildman–Crippen LogP) is 4.61. The van der Waals surface area contributed by atoms with Crippen molar-refractivity contribution in [3.05, 3.63) is 0 Å². The zero-order valence-corrected chi connectivity index (χ0v) is 15.2. The smallest absolute Gasteiger partial charge is 0.147 e. The van der Waals surface area contributed by atoms with Crippen molar-refractivity contribution in [3.8, 4) is 11.8 Å². The van der Waals surface area contributed by atoms with Crippen LogP contribution in [0.2, 0.25) is 18.1 Å². The third-order valence-corrected chi connectivity index (χ3v) is 10.5. The summed E-state index contributed by atoms with van der Waals surface area (Å²) in [5.74, 6) is 7.58. The Balaban J connectivity index is 2.81. The highest BCUT2D eigenvalue weighted by molar-refractivity contribution is 6.82. The molecule has 3 heteroatoms. The van der Waals surface area contributed by atoms with Crippen LogP contribution >= 0.6 is 0 Å². The maximum absolute atomic E-state index is 5.94. The molecule has 1 saturated carbocycles. The molecular formula is C17H32O2Si. The van der Waals surface area contributed by atoms with Crippen molar-refractivity contribution >= 4 is 8.07 Å². The molecule has 1 rings (SSSR count). The number of rotatable bonds is 4. The van der Waals surface area contributed by atoms with Crippen LogP contribution in [0.25, 0.3) is 0 Å². The van der Waals surface area contributed by atoms with Crippen LogP contribution < -0.4 is 0 Å². The third-order valence-electron chi connectivity index (χ3n) is 4.96. The molecule has 0 aromatic rings. The van der Waals surface area contributed by atoms with Crippen LogP contribution in [0.4, 0.5) is 0 Å². The summed E-state index contributed by atoms with van der Waals surface area (Å²) in [6.07, 6.45) is 6.58. The van der Waals surface area contributed by atoms with Crippen LogP contribution in [0, 0.1) is 17.8 Å². The lowest BCUT2D eigenvalue weighted by Gasteiger charge is -2.40. The average Bonchev–Trinajstić information content (AvgIpc) is 2.38. The van der Waals surface area contributed by atoms with Gasteiger partial charge in [-0.3, -0.25) is 0 Å². The van der Waals surface area contributed by atoms with Crippen LogP contribution in [0.3, 0.4) is 0 Å². The van der Waals surface area contributed by atoms with E-state index in [-0.39, 0.29) is 10.8 Å². The van der Waals surface area contributed by atoms with Crippen molar-refractivity contribution in [2.45, 2.75) is 76.7 Å². The lowest BCUT2D eigenvalue weighted by Crippen LogP contribution is -2.50. The summed E-state index contributed by atoms with van der Waals surface area (Å²) < 4.78 is 11.0. The Labute approximate surface area is 126 Å². The van der Waals surface area contributed by atoms with Crippen molar-refractivity contribution < 1.29 is 9.47 Å². The molecule has 0 spiro atoms. The van der Waals surface area contributed by atoms with Gasteiger partial charge in [-0.1, -0.05) is 65.0 Å². The minimum absolute atomic E-state index is 0.0596. The molecule has 0 amide bonds. The first-order chi connectivity index (χ1) is 9.29. The Morgan fingerprint density at radius 2 is 1.75 bits per heavy atom. The van der Waals surface area contributed by atoms with E-state index in [4.69, 9.17) is 9.47 Å². The van der Waals surface area contributed by atoms with E-state index < -0.39 is 8.07 Å². The third kappa shape index (κ3) is 4.91. The van der Waals surface area contributed by atoms with Gasteiger partial charge in [0.2, 0.25) is 0 Å². The van der Waals surface area contributed by atoms with Gasteiger partial charge in [0.25, 0.3) is 0 Å². The normalized spacial score (nSPS) is 19.3. The standard InChI is InChI=1S/C17H32O2Si/c1-17(2,3)20(5,6)16(19-14-18-4)13-12-15-10-8-7-9-11-15/h15-16H,7-11,14H2,1-6H3. The van der Waals surface area contributed by atoms with Gasteiger partial charge in [-0.25, -0.2) is 0 Å². The van der Waals surface area contributed by atoms with Crippen molar-refractivity contribution in [3.63, 3.8) is 0 Å². The fourth-order valence-corrected chi connectivity index (χ4v) is 4.12. The summed E-state index contributed by atoms with van der Waals surface area (Å²) in [6, 6.07) is 0. The second-order valence-electron chi connectivity index (χ2n) is 7.55. The van der Waals surface area contributed by atoms with E-state index in [1.807, 2.05) is 0 Å². The van der Waals surface area contributed by atoms with Crippen LogP contribution in [-0.4, -0.2) is 27.7 Å². The lowest BCUT2D eigenvalue weighted by atomic mass is 9.90. The van der Waals surface area contributed by atoms with E-state index in [9.17, 15) is 0 Å². The highest BCUT2D eigenvalue weighted by Crippen LogP contribution is 2.39. The van der Waals surface area contributed by atoms with E-state index >= 15 is 0 Å². The van der Waals surface area contributed by atoms with Crippen LogP contribution in [0.1, 0.15) is 52.9 Å². The number of methoxy groups -OCH3 is 1. The van der Waals surface area contributed by atoms with Gasteiger partial charge >= 0.3 is 0 Å². The van der Waals surface area contributed by atoms with E-state index in [0.717, 1.165) is 0 Å². The largest absolute Gasteiger partial charge is 0.359 e. The SMILES string of the molecule is COCOC(C#CC1CCCCC1)[Si](C)(C)C(C)(C)C. The first-order valence-corrected chi connectivity index (χ1v) is 11.0. The molecule has 2 nitrogen and oxygen atoms in total. The fourth-order valence-electron chi connectivity index (χ4n) is 2.40. The Hall–Kier alpha value is -0.303. The molecule has 0 aromatic carbocycles. The Morgan fingerprint density at radius 1 is 1.15 bits per heavy atom. The van der Waals surface area contributed by atoms with Crippen LogP contribution in [-0.2, 0) is 9.47 Å². The Morgan fingerprint density at radius 3 is 2.25 bits per heavy atom. The summed E-state index contributed by atoms with van der Waals surface area (Å²) >= 11 is 0. The second-order valence-corrected chi connectivity index (χ2v) is 13.0. The van der Waals surface area contributed by atoms with Gasteiger partial charge in [-0.15, -0.1) is 0 Å². The minimum atomic E-state index is -1.63. The van der Waals surface area contributed by atoms with Crippen LogP contribution in [0.5, 0.6) is 0 Å². The molecule has 1 fully saturated rings. The number of hydrogen-bond acceptors (Lipinski definition) is 2. The molecule has 20 heavy (non-hydrogen) atoms.